The van der Waals surface area contributed by atoms with E-state index in [-0.39, 0.29) is 17.2 Å². The summed E-state index contributed by atoms with van der Waals surface area (Å²) in [6, 6.07) is 0. The summed E-state index contributed by atoms with van der Waals surface area (Å²) >= 11 is 1.82. The molecule has 1 aromatic rings. The van der Waals surface area contributed by atoms with Crippen LogP contribution in [-0.2, 0) is 11.2 Å². The van der Waals surface area contributed by atoms with Gasteiger partial charge in [0, 0.05) is 23.3 Å². The molecule has 0 spiro atoms. The fourth-order valence-electron chi connectivity index (χ4n) is 3.09. The van der Waals surface area contributed by atoms with Crippen LogP contribution in [0.3, 0.4) is 0 Å². The molecule has 19 heavy (non-hydrogen) atoms. The van der Waals surface area contributed by atoms with E-state index in [9.17, 15) is 4.79 Å². The normalized spacial score (nSPS) is 27.7. The molecule has 0 bridgehead atoms. The molecule has 2 atom stereocenters. The van der Waals surface area contributed by atoms with Gasteiger partial charge in [0.2, 0.25) is 5.91 Å². The minimum absolute atomic E-state index is 0.221. The third kappa shape index (κ3) is 2.55. The lowest BCUT2D eigenvalue weighted by Crippen LogP contribution is -2.32. The standard InChI is InChI=1S/C15H22N2OS/c1-9-17-13-10(5-4-6-12(13)19-9)8-16-14(18)11-7-15(11,2)3/h10-11H,4-8H2,1-3H3,(H,16,18)/t10-,11+/m1/s1. The first-order valence-electron chi connectivity index (χ1n) is 7.21. The lowest BCUT2D eigenvalue weighted by Gasteiger charge is -2.21. The molecule has 1 aromatic heterocycles. The molecule has 3 rings (SSSR count). The highest BCUT2D eigenvalue weighted by atomic mass is 32.1. The first-order chi connectivity index (χ1) is 8.97. The maximum Gasteiger partial charge on any atom is 0.223 e. The van der Waals surface area contributed by atoms with E-state index in [0.717, 1.165) is 24.4 Å². The van der Waals surface area contributed by atoms with Crippen molar-refractivity contribution in [2.45, 2.75) is 52.4 Å². The first kappa shape index (κ1) is 13.1. The fourth-order valence-corrected chi connectivity index (χ4v) is 4.15. The van der Waals surface area contributed by atoms with Crippen molar-refractivity contribution in [1.29, 1.82) is 0 Å². The lowest BCUT2D eigenvalue weighted by molar-refractivity contribution is -0.123. The molecule has 4 heteroatoms. The Morgan fingerprint density at radius 1 is 1.53 bits per heavy atom. The summed E-state index contributed by atoms with van der Waals surface area (Å²) in [4.78, 5) is 18.2. The molecule has 0 aliphatic heterocycles. The van der Waals surface area contributed by atoms with Gasteiger partial charge in [-0.25, -0.2) is 4.98 Å². The van der Waals surface area contributed by atoms with E-state index in [1.165, 1.54) is 23.4 Å². The Labute approximate surface area is 118 Å². The molecule has 0 radical (unpaired) electrons. The van der Waals surface area contributed by atoms with Gasteiger partial charge in [0.05, 0.1) is 10.7 Å². The maximum absolute atomic E-state index is 12.1. The van der Waals surface area contributed by atoms with Gasteiger partial charge in [0.15, 0.2) is 0 Å². The van der Waals surface area contributed by atoms with Gasteiger partial charge in [-0.15, -0.1) is 11.3 Å². The second-order valence-corrected chi connectivity index (χ2v) is 7.91. The minimum Gasteiger partial charge on any atom is -0.355 e. The van der Waals surface area contributed by atoms with Crippen LogP contribution in [0.5, 0.6) is 0 Å². The Morgan fingerprint density at radius 2 is 2.26 bits per heavy atom. The Morgan fingerprint density at radius 3 is 2.95 bits per heavy atom. The summed E-state index contributed by atoms with van der Waals surface area (Å²) in [5.41, 5.74) is 1.48. The smallest absolute Gasteiger partial charge is 0.223 e. The largest absolute Gasteiger partial charge is 0.355 e. The van der Waals surface area contributed by atoms with E-state index in [2.05, 4.69) is 31.1 Å². The van der Waals surface area contributed by atoms with Crippen LogP contribution in [0.2, 0.25) is 0 Å². The van der Waals surface area contributed by atoms with E-state index in [1.807, 2.05) is 11.3 Å². The highest BCUT2D eigenvalue weighted by Gasteiger charge is 2.50. The van der Waals surface area contributed by atoms with Gasteiger partial charge in [-0.05, 0) is 38.0 Å². The zero-order chi connectivity index (χ0) is 13.6. The maximum atomic E-state index is 12.1. The van der Waals surface area contributed by atoms with E-state index in [0.29, 0.717) is 5.92 Å². The number of thiazole rings is 1. The van der Waals surface area contributed by atoms with Crippen LogP contribution in [0.1, 0.15) is 54.6 Å². The Kier molecular flexibility index (Phi) is 3.16. The molecule has 0 saturated heterocycles. The van der Waals surface area contributed by atoms with Gasteiger partial charge < -0.3 is 5.32 Å². The van der Waals surface area contributed by atoms with Crippen LogP contribution in [0.4, 0.5) is 0 Å². The molecule has 1 N–H and O–H groups in total. The third-order valence-electron chi connectivity index (χ3n) is 4.53. The topological polar surface area (TPSA) is 42.0 Å². The summed E-state index contributed by atoms with van der Waals surface area (Å²) in [7, 11) is 0. The molecule has 1 saturated carbocycles. The Hall–Kier alpha value is -0.900. The summed E-state index contributed by atoms with van der Waals surface area (Å²) in [6.07, 6.45) is 4.58. The number of carbonyl (C=O) groups is 1. The van der Waals surface area contributed by atoms with Gasteiger partial charge in [-0.2, -0.15) is 0 Å². The lowest BCUT2D eigenvalue weighted by atomic mass is 9.91. The fraction of sp³-hybridized carbons (Fsp3) is 0.733. The third-order valence-corrected chi connectivity index (χ3v) is 5.58. The van der Waals surface area contributed by atoms with Gasteiger partial charge in [0.25, 0.3) is 0 Å². The molecule has 1 heterocycles. The number of nitrogens with zero attached hydrogens (tertiary/aromatic N) is 1. The number of aromatic nitrogens is 1. The summed E-state index contributed by atoms with van der Waals surface area (Å²) in [5, 5.41) is 4.30. The molecule has 0 aromatic carbocycles. The van der Waals surface area contributed by atoms with E-state index in [4.69, 9.17) is 0 Å². The number of hydrogen-bond acceptors (Lipinski definition) is 3. The van der Waals surface area contributed by atoms with Crippen molar-refractivity contribution in [3.05, 3.63) is 15.6 Å². The Balaban J connectivity index is 1.61. The summed E-state index contributed by atoms with van der Waals surface area (Å²) in [6.45, 7) is 7.17. The second kappa shape index (κ2) is 4.58. The number of amides is 1. The van der Waals surface area contributed by atoms with Crippen molar-refractivity contribution >= 4 is 17.2 Å². The number of hydrogen-bond donors (Lipinski definition) is 1. The molecule has 0 unspecified atom stereocenters. The molecular weight excluding hydrogens is 256 g/mol. The van der Waals surface area contributed by atoms with Gasteiger partial charge in [-0.1, -0.05) is 13.8 Å². The average Bonchev–Trinajstić information content (AvgIpc) is 2.81. The molecule has 104 valence electrons. The van der Waals surface area contributed by atoms with Crippen molar-refractivity contribution in [2.24, 2.45) is 11.3 Å². The van der Waals surface area contributed by atoms with Crippen molar-refractivity contribution in [3.63, 3.8) is 0 Å². The van der Waals surface area contributed by atoms with Gasteiger partial charge in [0.1, 0.15) is 0 Å². The van der Waals surface area contributed by atoms with Crippen LogP contribution in [0.25, 0.3) is 0 Å². The zero-order valence-corrected chi connectivity index (χ0v) is 12.8. The number of carbonyl (C=O) groups excluding carboxylic acids is 1. The number of fused-ring (bicyclic) bond motifs is 1. The molecular formula is C15H22N2OS. The predicted molar refractivity (Wildman–Crippen MR) is 77.4 cm³/mol. The quantitative estimate of drug-likeness (QED) is 0.923. The highest BCUT2D eigenvalue weighted by molar-refractivity contribution is 7.11. The van der Waals surface area contributed by atoms with Crippen LogP contribution in [0, 0.1) is 18.3 Å². The van der Waals surface area contributed by atoms with E-state index >= 15 is 0 Å². The minimum atomic E-state index is 0.221. The first-order valence-corrected chi connectivity index (χ1v) is 8.03. The van der Waals surface area contributed by atoms with Crippen molar-refractivity contribution in [1.82, 2.24) is 10.3 Å². The zero-order valence-electron chi connectivity index (χ0n) is 12.0. The summed E-state index contributed by atoms with van der Waals surface area (Å²) < 4.78 is 0. The monoisotopic (exact) mass is 278 g/mol. The highest BCUT2D eigenvalue weighted by Crippen LogP contribution is 2.51. The molecule has 2 aliphatic carbocycles. The SMILES string of the molecule is Cc1nc2c(s1)CCC[C@@H]2CNC(=O)[C@@H]1CC1(C)C. The van der Waals surface area contributed by atoms with Crippen LogP contribution >= 0.6 is 11.3 Å². The van der Waals surface area contributed by atoms with Crippen LogP contribution in [0.15, 0.2) is 0 Å². The van der Waals surface area contributed by atoms with Crippen LogP contribution < -0.4 is 5.32 Å². The molecule has 3 nitrogen and oxygen atoms in total. The molecule has 2 aliphatic rings. The molecule has 1 fully saturated rings. The number of aryl methyl sites for hydroxylation is 2. The van der Waals surface area contributed by atoms with Crippen molar-refractivity contribution in [3.8, 4) is 0 Å². The number of rotatable bonds is 3. The van der Waals surface area contributed by atoms with Crippen molar-refractivity contribution in [2.75, 3.05) is 6.54 Å². The Bertz CT molecular complexity index is 506. The average molecular weight is 278 g/mol. The second-order valence-electron chi connectivity index (χ2n) is 6.62. The summed E-state index contributed by atoms with van der Waals surface area (Å²) in [5.74, 6) is 0.899. The predicted octanol–water partition coefficient (Wildman–Crippen LogP) is 3.03. The van der Waals surface area contributed by atoms with E-state index < -0.39 is 0 Å². The number of nitrogens with one attached hydrogen (secondary N) is 1. The van der Waals surface area contributed by atoms with Gasteiger partial charge >= 0.3 is 0 Å². The molecule has 1 amide bonds. The van der Waals surface area contributed by atoms with Crippen LogP contribution in [-0.4, -0.2) is 17.4 Å². The van der Waals surface area contributed by atoms with E-state index in [1.54, 1.807) is 0 Å². The van der Waals surface area contributed by atoms with Gasteiger partial charge in [-0.3, -0.25) is 4.79 Å². The van der Waals surface area contributed by atoms with Crippen molar-refractivity contribution < 1.29 is 4.79 Å².